The molecule has 0 aliphatic heterocycles. The monoisotopic (exact) mass is 148 g/mol. The van der Waals surface area contributed by atoms with Gasteiger partial charge >= 0.3 is 0 Å². The van der Waals surface area contributed by atoms with Crippen molar-refractivity contribution >= 4 is 5.91 Å². The Hall–Kier alpha value is -0.650. The van der Waals surface area contributed by atoms with Gasteiger partial charge in [-0.2, -0.15) is 0 Å². The highest BCUT2D eigenvalue weighted by Crippen LogP contribution is 1.79. The number of ether oxygens (including phenoxy) is 1. The number of carbonyl (C=O) groups is 1. The average molecular weight is 148 g/mol. The Labute approximate surface area is 59.2 Å². The van der Waals surface area contributed by atoms with Crippen molar-refractivity contribution in [1.29, 1.82) is 0 Å². The Morgan fingerprint density at radius 1 is 1.30 bits per heavy atom. The van der Waals surface area contributed by atoms with E-state index >= 15 is 0 Å². The smallest absolute Gasteiger partial charge is 0.219 e. The predicted octanol–water partition coefficient (Wildman–Crippen LogP) is -1.23. The Bertz CT molecular complexity index is 96.9. The number of amides is 1. The highest BCUT2D eigenvalue weighted by molar-refractivity contribution is 5.73. The molecule has 0 saturated heterocycles. The van der Waals surface area contributed by atoms with E-state index < -0.39 is 0 Å². The standard InChI is InChI=1S/C5H12N2O3/c6-5(8)1-2-9-3-4-10-7/h1-4,7H2,(H2,6,8). The van der Waals surface area contributed by atoms with Gasteiger partial charge in [0.2, 0.25) is 5.91 Å². The van der Waals surface area contributed by atoms with Crippen molar-refractivity contribution in [1.82, 2.24) is 0 Å². The Balaban J connectivity index is 2.84. The molecule has 5 heteroatoms. The zero-order valence-electron chi connectivity index (χ0n) is 5.71. The number of hydrogen-bond acceptors (Lipinski definition) is 4. The summed E-state index contributed by atoms with van der Waals surface area (Å²) < 4.78 is 4.88. The molecule has 0 spiro atoms. The van der Waals surface area contributed by atoms with Gasteiger partial charge in [-0.05, 0) is 0 Å². The molecule has 0 fully saturated rings. The molecule has 0 aliphatic carbocycles. The van der Waals surface area contributed by atoms with Crippen molar-refractivity contribution in [2.24, 2.45) is 11.6 Å². The van der Waals surface area contributed by atoms with E-state index in [0.29, 0.717) is 19.8 Å². The van der Waals surface area contributed by atoms with Gasteiger partial charge in [0.25, 0.3) is 0 Å². The fraction of sp³-hybridized carbons (Fsp3) is 0.800. The summed E-state index contributed by atoms with van der Waals surface area (Å²) in [6, 6.07) is 0. The number of nitrogens with two attached hydrogens (primary N) is 2. The number of primary amides is 1. The molecule has 0 rings (SSSR count). The molecule has 60 valence electrons. The van der Waals surface area contributed by atoms with E-state index in [1.54, 1.807) is 0 Å². The predicted molar refractivity (Wildman–Crippen MR) is 34.8 cm³/mol. The van der Waals surface area contributed by atoms with Crippen LogP contribution in [0.25, 0.3) is 0 Å². The number of hydrogen-bond donors (Lipinski definition) is 2. The lowest BCUT2D eigenvalue weighted by Gasteiger charge is -1.99. The summed E-state index contributed by atoms with van der Waals surface area (Å²) in [6.07, 6.45) is 0.241. The van der Waals surface area contributed by atoms with Gasteiger partial charge in [0.15, 0.2) is 0 Å². The van der Waals surface area contributed by atoms with E-state index in [1.807, 2.05) is 0 Å². The van der Waals surface area contributed by atoms with Gasteiger partial charge in [-0.25, -0.2) is 5.90 Å². The minimum atomic E-state index is -0.367. The van der Waals surface area contributed by atoms with E-state index in [4.69, 9.17) is 16.4 Å². The van der Waals surface area contributed by atoms with Crippen LogP contribution in [0.15, 0.2) is 0 Å². The summed E-state index contributed by atoms with van der Waals surface area (Å²) in [5.41, 5.74) is 4.83. The molecule has 10 heavy (non-hydrogen) atoms. The topological polar surface area (TPSA) is 87.6 Å². The van der Waals surface area contributed by atoms with Gasteiger partial charge < -0.3 is 15.3 Å². The van der Waals surface area contributed by atoms with E-state index in [9.17, 15) is 4.79 Å². The molecule has 0 aliphatic rings. The third-order valence-electron chi connectivity index (χ3n) is 0.838. The molecule has 0 heterocycles. The van der Waals surface area contributed by atoms with Crippen molar-refractivity contribution in [3.8, 4) is 0 Å². The van der Waals surface area contributed by atoms with Gasteiger partial charge in [0.1, 0.15) is 0 Å². The van der Waals surface area contributed by atoms with Crippen LogP contribution >= 0.6 is 0 Å². The SMILES string of the molecule is NOCCOCCC(N)=O. The lowest BCUT2D eigenvalue weighted by Crippen LogP contribution is -2.15. The second kappa shape index (κ2) is 6.47. The molecule has 4 N–H and O–H groups in total. The van der Waals surface area contributed by atoms with E-state index in [0.717, 1.165) is 0 Å². The molecule has 0 atom stereocenters. The highest BCUT2D eigenvalue weighted by atomic mass is 16.6. The highest BCUT2D eigenvalue weighted by Gasteiger charge is 1.92. The summed E-state index contributed by atoms with van der Waals surface area (Å²) >= 11 is 0. The average Bonchev–Trinajstić information content (AvgIpc) is 1.87. The summed E-state index contributed by atoms with van der Waals surface area (Å²) in [7, 11) is 0. The molecule has 0 saturated carbocycles. The normalized spacial score (nSPS) is 9.70. The Morgan fingerprint density at radius 2 is 2.00 bits per heavy atom. The van der Waals surface area contributed by atoms with Crippen molar-refractivity contribution in [2.45, 2.75) is 6.42 Å². The van der Waals surface area contributed by atoms with Crippen LogP contribution in [0, 0.1) is 0 Å². The Kier molecular flexibility index (Phi) is 6.05. The minimum absolute atomic E-state index is 0.241. The van der Waals surface area contributed by atoms with Crippen LogP contribution < -0.4 is 11.6 Å². The Morgan fingerprint density at radius 3 is 2.50 bits per heavy atom. The maximum Gasteiger partial charge on any atom is 0.219 e. The van der Waals surface area contributed by atoms with Crippen LogP contribution in [0.5, 0.6) is 0 Å². The molecule has 0 bridgehead atoms. The summed E-state index contributed by atoms with van der Waals surface area (Å²) in [4.78, 5) is 14.3. The largest absolute Gasteiger partial charge is 0.378 e. The minimum Gasteiger partial charge on any atom is -0.378 e. The van der Waals surface area contributed by atoms with Crippen LogP contribution in [-0.2, 0) is 14.4 Å². The summed E-state index contributed by atoms with van der Waals surface area (Å²) in [5.74, 6) is 4.33. The van der Waals surface area contributed by atoms with Crippen LogP contribution in [0.3, 0.4) is 0 Å². The maximum absolute atomic E-state index is 10.1. The first-order valence-corrected chi connectivity index (χ1v) is 2.95. The lowest BCUT2D eigenvalue weighted by molar-refractivity contribution is -0.119. The summed E-state index contributed by atoms with van der Waals surface area (Å²) in [6.45, 7) is 1.06. The fourth-order valence-electron chi connectivity index (χ4n) is 0.382. The molecule has 0 aromatic carbocycles. The zero-order chi connectivity index (χ0) is 7.82. The van der Waals surface area contributed by atoms with E-state index in [1.165, 1.54) is 0 Å². The second-order valence-corrected chi connectivity index (χ2v) is 1.70. The lowest BCUT2D eigenvalue weighted by atomic mass is 10.4. The van der Waals surface area contributed by atoms with Crippen molar-refractivity contribution in [2.75, 3.05) is 19.8 Å². The third kappa shape index (κ3) is 7.35. The first-order chi connectivity index (χ1) is 4.77. The molecule has 0 aromatic rings. The van der Waals surface area contributed by atoms with E-state index in [2.05, 4.69) is 4.84 Å². The van der Waals surface area contributed by atoms with Crippen LogP contribution in [-0.4, -0.2) is 25.7 Å². The molecule has 5 nitrogen and oxygen atoms in total. The van der Waals surface area contributed by atoms with E-state index in [-0.39, 0.29) is 12.3 Å². The molecule has 1 amide bonds. The molecular formula is C5H12N2O3. The van der Waals surface area contributed by atoms with Crippen LogP contribution in [0.2, 0.25) is 0 Å². The molecule has 0 aromatic heterocycles. The van der Waals surface area contributed by atoms with Crippen molar-refractivity contribution in [3.05, 3.63) is 0 Å². The van der Waals surface area contributed by atoms with Crippen LogP contribution in [0.4, 0.5) is 0 Å². The van der Waals surface area contributed by atoms with Crippen molar-refractivity contribution < 1.29 is 14.4 Å². The first-order valence-electron chi connectivity index (χ1n) is 2.95. The van der Waals surface area contributed by atoms with Gasteiger partial charge in [-0.3, -0.25) is 4.79 Å². The fourth-order valence-corrected chi connectivity index (χ4v) is 0.382. The molecular weight excluding hydrogens is 136 g/mol. The third-order valence-corrected chi connectivity index (χ3v) is 0.838. The van der Waals surface area contributed by atoms with Gasteiger partial charge in [-0.15, -0.1) is 0 Å². The van der Waals surface area contributed by atoms with Gasteiger partial charge in [0, 0.05) is 6.42 Å². The zero-order valence-corrected chi connectivity index (χ0v) is 5.71. The number of rotatable bonds is 6. The quantitative estimate of drug-likeness (QED) is 0.364. The first kappa shape index (κ1) is 9.35. The molecule has 0 radical (unpaired) electrons. The van der Waals surface area contributed by atoms with Crippen LogP contribution in [0.1, 0.15) is 6.42 Å². The van der Waals surface area contributed by atoms with Gasteiger partial charge in [-0.1, -0.05) is 0 Å². The molecule has 0 unspecified atom stereocenters. The van der Waals surface area contributed by atoms with Crippen molar-refractivity contribution in [3.63, 3.8) is 0 Å². The number of carbonyl (C=O) groups excluding carboxylic acids is 1. The second-order valence-electron chi connectivity index (χ2n) is 1.70. The summed E-state index contributed by atoms with van der Waals surface area (Å²) in [5, 5.41) is 0. The maximum atomic E-state index is 10.1. The van der Waals surface area contributed by atoms with Gasteiger partial charge in [0.05, 0.1) is 19.8 Å².